The molecule has 1 aliphatic heterocycles. The van der Waals surface area contributed by atoms with Gasteiger partial charge in [0.15, 0.2) is 0 Å². The van der Waals surface area contributed by atoms with Gasteiger partial charge in [-0.2, -0.15) is 13.2 Å². The Labute approximate surface area is 137 Å². The molecule has 0 bridgehead atoms. The molecule has 2 atom stereocenters. The minimum atomic E-state index is -4.55. The van der Waals surface area contributed by atoms with Crippen molar-refractivity contribution in [2.45, 2.75) is 24.3 Å². The van der Waals surface area contributed by atoms with Crippen LogP contribution in [0.2, 0.25) is 0 Å². The van der Waals surface area contributed by atoms with Crippen molar-refractivity contribution < 1.29 is 18.0 Å². The largest absolute Gasteiger partial charge is 0.417 e. The quantitative estimate of drug-likeness (QED) is 0.593. The molecule has 2 nitrogen and oxygen atoms in total. The van der Waals surface area contributed by atoms with Crippen molar-refractivity contribution >= 4 is 37.8 Å². The molecule has 1 fully saturated rings. The maximum atomic E-state index is 13.1. The Hall–Kier alpha value is -0.560. The van der Waals surface area contributed by atoms with Crippen LogP contribution in [0.25, 0.3) is 0 Å². The van der Waals surface area contributed by atoms with E-state index in [4.69, 9.17) is 0 Å². The van der Waals surface area contributed by atoms with Crippen LogP contribution >= 0.6 is 31.9 Å². The standard InChI is InChI=1S/C14H14Br2F3NO/c1-8-4-5-20(7-12(8)16)13(21)10-3-2-9(15)6-11(10)14(17,18)19/h2-3,6,8,12H,4-5,7H2,1H3. The van der Waals surface area contributed by atoms with Gasteiger partial charge in [-0.3, -0.25) is 4.79 Å². The highest BCUT2D eigenvalue weighted by molar-refractivity contribution is 9.10. The summed E-state index contributed by atoms with van der Waals surface area (Å²) >= 11 is 6.50. The fourth-order valence-electron chi connectivity index (χ4n) is 2.31. The Morgan fingerprint density at radius 3 is 2.62 bits per heavy atom. The van der Waals surface area contributed by atoms with Crippen LogP contribution in [-0.4, -0.2) is 28.7 Å². The summed E-state index contributed by atoms with van der Waals surface area (Å²) in [5.41, 5.74) is -1.19. The number of hydrogen-bond acceptors (Lipinski definition) is 1. The van der Waals surface area contributed by atoms with Crippen LogP contribution in [0.1, 0.15) is 29.3 Å². The number of carbonyl (C=O) groups excluding carboxylic acids is 1. The molecule has 0 saturated carbocycles. The fourth-order valence-corrected chi connectivity index (χ4v) is 3.29. The van der Waals surface area contributed by atoms with Gasteiger partial charge in [-0.25, -0.2) is 0 Å². The molecule has 7 heteroatoms. The third kappa shape index (κ3) is 3.80. The lowest BCUT2D eigenvalue weighted by molar-refractivity contribution is -0.138. The summed E-state index contributed by atoms with van der Waals surface area (Å²) in [7, 11) is 0. The maximum absolute atomic E-state index is 13.1. The van der Waals surface area contributed by atoms with Crippen molar-refractivity contribution in [3.8, 4) is 0 Å². The zero-order valence-electron chi connectivity index (χ0n) is 11.3. The van der Waals surface area contributed by atoms with Gasteiger partial charge in [-0.05, 0) is 30.5 Å². The molecule has 2 rings (SSSR count). The van der Waals surface area contributed by atoms with E-state index in [1.165, 1.54) is 17.0 Å². The molecule has 0 N–H and O–H groups in total. The number of rotatable bonds is 1. The van der Waals surface area contributed by atoms with E-state index < -0.39 is 17.6 Å². The first-order chi connectivity index (χ1) is 9.70. The molecule has 0 aliphatic carbocycles. The summed E-state index contributed by atoms with van der Waals surface area (Å²) < 4.78 is 39.6. The van der Waals surface area contributed by atoms with Crippen molar-refractivity contribution in [3.05, 3.63) is 33.8 Å². The molecular formula is C14H14Br2F3NO. The second kappa shape index (κ2) is 6.28. The number of nitrogens with zero attached hydrogens (tertiary/aromatic N) is 1. The highest BCUT2D eigenvalue weighted by atomic mass is 79.9. The van der Waals surface area contributed by atoms with Gasteiger partial charge in [0.25, 0.3) is 5.91 Å². The van der Waals surface area contributed by atoms with Gasteiger partial charge >= 0.3 is 6.18 Å². The average molecular weight is 429 g/mol. The summed E-state index contributed by atoms with van der Waals surface area (Å²) in [5.74, 6) is -0.160. The monoisotopic (exact) mass is 427 g/mol. The SMILES string of the molecule is CC1CCN(C(=O)c2ccc(Br)cc2C(F)(F)F)CC1Br. The second-order valence-corrected chi connectivity index (χ2v) is 7.31. The number of likely N-dealkylation sites (tertiary alicyclic amines) is 1. The molecule has 1 amide bonds. The van der Waals surface area contributed by atoms with E-state index >= 15 is 0 Å². The first-order valence-corrected chi connectivity index (χ1v) is 8.21. The van der Waals surface area contributed by atoms with E-state index in [-0.39, 0.29) is 10.4 Å². The van der Waals surface area contributed by atoms with E-state index in [2.05, 4.69) is 38.8 Å². The molecular weight excluding hydrogens is 415 g/mol. The van der Waals surface area contributed by atoms with Crippen LogP contribution in [0.5, 0.6) is 0 Å². The predicted octanol–water partition coefficient (Wildman–Crippen LogP) is 4.71. The first-order valence-electron chi connectivity index (χ1n) is 6.50. The van der Waals surface area contributed by atoms with Gasteiger partial charge in [-0.1, -0.05) is 38.8 Å². The van der Waals surface area contributed by atoms with E-state index in [1.807, 2.05) is 0 Å². The van der Waals surface area contributed by atoms with Gasteiger partial charge in [0.05, 0.1) is 11.1 Å². The van der Waals surface area contributed by atoms with E-state index in [0.717, 1.165) is 12.5 Å². The molecule has 0 aromatic heterocycles. The molecule has 1 aromatic carbocycles. The summed E-state index contributed by atoms with van der Waals surface area (Å²) in [6.45, 7) is 2.96. The van der Waals surface area contributed by atoms with Crippen molar-refractivity contribution in [3.63, 3.8) is 0 Å². The van der Waals surface area contributed by atoms with Crippen LogP contribution in [0.15, 0.2) is 22.7 Å². The summed E-state index contributed by atoms with van der Waals surface area (Å²) in [6.07, 6.45) is -3.77. The minimum absolute atomic E-state index is 0.111. The fraction of sp³-hybridized carbons (Fsp3) is 0.500. The Kier molecular flexibility index (Phi) is 5.03. The normalized spacial score (nSPS) is 23.2. The molecule has 0 radical (unpaired) electrons. The lowest BCUT2D eigenvalue weighted by atomic mass is 9.97. The van der Waals surface area contributed by atoms with Gasteiger partial charge in [0.2, 0.25) is 0 Å². The Balaban J connectivity index is 2.32. The zero-order valence-corrected chi connectivity index (χ0v) is 14.4. The Morgan fingerprint density at radius 2 is 2.05 bits per heavy atom. The number of piperidine rings is 1. The van der Waals surface area contributed by atoms with Crippen LogP contribution in [-0.2, 0) is 6.18 Å². The van der Waals surface area contributed by atoms with Crippen LogP contribution in [0.3, 0.4) is 0 Å². The maximum Gasteiger partial charge on any atom is 0.417 e. The van der Waals surface area contributed by atoms with Crippen molar-refractivity contribution in [1.29, 1.82) is 0 Å². The highest BCUT2D eigenvalue weighted by Gasteiger charge is 2.37. The van der Waals surface area contributed by atoms with Crippen molar-refractivity contribution in [2.24, 2.45) is 5.92 Å². The summed E-state index contributed by atoms with van der Waals surface area (Å²) in [4.78, 5) is 14.0. The highest BCUT2D eigenvalue weighted by Crippen LogP contribution is 2.35. The minimum Gasteiger partial charge on any atom is -0.337 e. The number of halogens is 5. The van der Waals surface area contributed by atoms with E-state index in [0.29, 0.717) is 23.5 Å². The number of benzene rings is 1. The molecule has 0 spiro atoms. The molecule has 1 heterocycles. The second-order valence-electron chi connectivity index (χ2n) is 5.22. The predicted molar refractivity (Wildman–Crippen MR) is 81.5 cm³/mol. The molecule has 1 saturated heterocycles. The number of hydrogen-bond donors (Lipinski definition) is 0. The number of carbonyl (C=O) groups is 1. The lowest BCUT2D eigenvalue weighted by Gasteiger charge is -2.34. The molecule has 1 aliphatic rings. The molecule has 116 valence electrons. The molecule has 21 heavy (non-hydrogen) atoms. The molecule has 1 aromatic rings. The Bertz CT molecular complexity index is 548. The van der Waals surface area contributed by atoms with Gasteiger partial charge in [0, 0.05) is 22.4 Å². The van der Waals surface area contributed by atoms with Crippen LogP contribution in [0.4, 0.5) is 13.2 Å². The van der Waals surface area contributed by atoms with Gasteiger partial charge in [0.1, 0.15) is 0 Å². The third-order valence-electron chi connectivity index (χ3n) is 3.67. The molecule has 2 unspecified atom stereocenters. The number of alkyl halides is 4. The van der Waals surface area contributed by atoms with Crippen molar-refractivity contribution in [2.75, 3.05) is 13.1 Å². The topological polar surface area (TPSA) is 20.3 Å². The average Bonchev–Trinajstić information content (AvgIpc) is 2.40. The first kappa shape index (κ1) is 16.8. The van der Waals surface area contributed by atoms with E-state index in [9.17, 15) is 18.0 Å². The van der Waals surface area contributed by atoms with Crippen LogP contribution < -0.4 is 0 Å². The zero-order chi connectivity index (χ0) is 15.8. The van der Waals surface area contributed by atoms with E-state index in [1.54, 1.807) is 0 Å². The van der Waals surface area contributed by atoms with Crippen LogP contribution in [0, 0.1) is 5.92 Å². The third-order valence-corrected chi connectivity index (χ3v) is 5.36. The van der Waals surface area contributed by atoms with Gasteiger partial charge in [-0.15, -0.1) is 0 Å². The van der Waals surface area contributed by atoms with Gasteiger partial charge < -0.3 is 4.90 Å². The number of amides is 1. The Morgan fingerprint density at radius 1 is 1.38 bits per heavy atom. The summed E-state index contributed by atoms with van der Waals surface area (Å²) in [6, 6.07) is 3.64. The lowest BCUT2D eigenvalue weighted by Crippen LogP contribution is -2.44. The summed E-state index contributed by atoms with van der Waals surface area (Å²) in [5, 5.41) is 0. The van der Waals surface area contributed by atoms with Crippen molar-refractivity contribution in [1.82, 2.24) is 4.90 Å². The smallest absolute Gasteiger partial charge is 0.337 e.